The van der Waals surface area contributed by atoms with Crippen LogP contribution in [0.25, 0.3) is 70.5 Å². The highest BCUT2D eigenvalue weighted by molar-refractivity contribution is 7.21. The summed E-state index contributed by atoms with van der Waals surface area (Å²) in [5.41, 5.74) is 9.83. The predicted octanol–water partition coefficient (Wildman–Crippen LogP) is 8.16. The molecule has 0 saturated heterocycles. The maximum Gasteiger partial charge on any atom is 0.198 e. The van der Waals surface area contributed by atoms with Crippen molar-refractivity contribution >= 4 is 76.2 Å². The summed E-state index contributed by atoms with van der Waals surface area (Å²) in [7, 11) is 0. The Morgan fingerprint density at radius 1 is 0.447 bits per heavy atom. The van der Waals surface area contributed by atoms with Gasteiger partial charge in [-0.3, -0.25) is 8.80 Å². The molecule has 0 N–H and O–H groups in total. The Bertz CT molecular complexity index is 2360. The van der Waals surface area contributed by atoms with E-state index in [-0.39, 0.29) is 0 Å². The van der Waals surface area contributed by atoms with Gasteiger partial charge in [0.1, 0.15) is 0 Å². The van der Waals surface area contributed by atoms with E-state index in [1.54, 1.807) is 11.3 Å². The minimum absolute atomic E-state index is 0.917. The summed E-state index contributed by atoms with van der Waals surface area (Å²) in [6, 6.07) is 40.7. The van der Waals surface area contributed by atoms with Gasteiger partial charge in [0.05, 0.1) is 44.1 Å². The summed E-state index contributed by atoms with van der Waals surface area (Å²) in [6.45, 7) is 0. The predicted molar refractivity (Wildman–Crippen MR) is 157 cm³/mol. The van der Waals surface area contributed by atoms with Gasteiger partial charge in [-0.1, -0.05) is 72.0 Å². The normalized spacial score (nSPS) is 12.2. The lowest BCUT2D eigenvalue weighted by Gasteiger charge is -2.10. The van der Waals surface area contributed by atoms with E-state index in [2.05, 4.69) is 116 Å². The second kappa shape index (κ2) is 7.31. The molecule has 4 heterocycles. The molecule has 0 unspecified atom stereocenters. The Morgan fingerprint density at radius 2 is 0.947 bits per heavy atom. The van der Waals surface area contributed by atoms with E-state index in [0.29, 0.717) is 0 Å². The topological polar surface area (TPSA) is 39.5 Å². The number of para-hydroxylation sites is 6. The average molecular weight is 506 g/mol. The average Bonchev–Trinajstić information content (AvgIpc) is 3.59. The first-order chi connectivity index (χ1) is 18.8. The Labute approximate surface area is 220 Å². The summed E-state index contributed by atoms with van der Waals surface area (Å²) in [6.07, 6.45) is 0. The van der Waals surface area contributed by atoms with Crippen molar-refractivity contribution in [1.29, 1.82) is 0 Å². The van der Waals surface area contributed by atoms with Gasteiger partial charge >= 0.3 is 0 Å². The second-order valence-electron chi connectivity index (χ2n) is 9.58. The van der Waals surface area contributed by atoms with Gasteiger partial charge in [0.2, 0.25) is 0 Å². The number of hydrogen-bond acceptors (Lipinski definition) is 3. The molecule has 9 aromatic rings. The Balaban J connectivity index is 1.52. The molecule has 0 aliphatic carbocycles. The van der Waals surface area contributed by atoms with Gasteiger partial charge in [0.25, 0.3) is 0 Å². The van der Waals surface area contributed by atoms with Crippen molar-refractivity contribution < 1.29 is 0 Å². The van der Waals surface area contributed by atoms with Crippen molar-refractivity contribution in [2.45, 2.75) is 0 Å². The molecule has 4 aromatic heterocycles. The van der Waals surface area contributed by atoms with Gasteiger partial charge in [0, 0.05) is 16.5 Å². The lowest BCUT2D eigenvalue weighted by Crippen LogP contribution is -1.96. The first-order valence-corrected chi connectivity index (χ1v) is 13.4. The van der Waals surface area contributed by atoms with E-state index >= 15 is 0 Å². The van der Waals surface area contributed by atoms with Crippen LogP contribution in [0, 0.1) is 0 Å². The van der Waals surface area contributed by atoms with E-state index in [4.69, 9.17) is 9.97 Å². The number of hydrogen-bond donors (Lipinski definition) is 0. The number of aromatic nitrogens is 5. The Kier molecular flexibility index (Phi) is 3.88. The van der Waals surface area contributed by atoms with Crippen molar-refractivity contribution in [3.05, 3.63) is 115 Å². The van der Waals surface area contributed by atoms with Crippen LogP contribution in [0.3, 0.4) is 0 Å². The molecule has 6 heteroatoms. The van der Waals surface area contributed by atoms with Gasteiger partial charge in [-0.25, -0.2) is 9.97 Å². The minimum Gasteiger partial charge on any atom is -0.309 e. The summed E-state index contributed by atoms with van der Waals surface area (Å²) < 4.78 is 6.93. The Hall–Kier alpha value is -4.94. The maximum absolute atomic E-state index is 5.04. The highest BCUT2D eigenvalue weighted by Crippen LogP contribution is 2.35. The van der Waals surface area contributed by atoms with Crippen molar-refractivity contribution in [1.82, 2.24) is 23.3 Å². The van der Waals surface area contributed by atoms with E-state index in [0.717, 1.165) is 48.7 Å². The van der Waals surface area contributed by atoms with Gasteiger partial charge in [-0.15, -0.1) is 0 Å². The van der Waals surface area contributed by atoms with Crippen molar-refractivity contribution in [3.8, 4) is 5.69 Å². The van der Waals surface area contributed by atoms with E-state index in [1.807, 2.05) is 12.1 Å². The first-order valence-electron chi connectivity index (χ1n) is 12.6. The van der Waals surface area contributed by atoms with Crippen molar-refractivity contribution in [2.24, 2.45) is 0 Å². The third kappa shape index (κ3) is 2.59. The first kappa shape index (κ1) is 20.2. The lowest BCUT2D eigenvalue weighted by atomic mass is 10.2. The molecule has 0 bridgehead atoms. The van der Waals surface area contributed by atoms with Crippen LogP contribution in [0.5, 0.6) is 0 Å². The van der Waals surface area contributed by atoms with Crippen LogP contribution >= 0.6 is 11.3 Å². The Morgan fingerprint density at radius 3 is 1.55 bits per heavy atom. The smallest absolute Gasteiger partial charge is 0.198 e. The molecule has 0 aliphatic rings. The quantitative estimate of drug-likeness (QED) is 0.226. The molecule has 0 aliphatic heterocycles. The molecule has 0 spiro atoms. The van der Waals surface area contributed by atoms with E-state index in [9.17, 15) is 0 Å². The molecule has 5 nitrogen and oxygen atoms in total. The highest BCUT2D eigenvalue weighted by Gasteiger charge is 2.16. The molecule has 9 rings (SSSR count). The van der Waals surface area contributed by atoms with Crippen LogP contribution in [0.1, 0.15) is 0 Å². The van der Waals surface area contributed by atoms with Crippen molar-refractivity contribution in [3.63, 3.8) is 0 Å². The molecule has 5 aromatic carbocycles. The molecule has 38 heavy (non-hydrogen) atoms. The van der Waals surface area contributed by atoms with Gasteiger partial charge in [-0.05, 0) is 54.6 Å². The highest BCUT2D eigenvalue weighted by atomic mass is 32.1. The number of rotatable bonds is 1. The molecule has 0 atom stereocenters. The number of fused-ring (bicyclic) bond motifs is 12. The lowest BCUT2D eigenvalue weighted by molar-refractivity contribution is 1.17. The third-order valence-electron chi connectivity index (χ3n) is 7.52. The van der Waals surface area contributed by atoms with Crippen LogP contribution in [0.4, 0.5) is 0 Å². The molecule has 0 fully saturated rings. The van der Waals surface area contributed by atoms with Crippen LogP contribution < -0.4 is 0 Å². The molecular formula is C32H19N5S. The fraction of sp³-hybridized carbons (Fsp3) is 0. The van der Waals surface area contributed by atoms with Gasteiger partial charge in [0.15, 0.2) is 9.92 Å². The van der Waals surface area contributed by atoms with Crippen LogP contribution in [0.2, 0.25) is 0 Å². The minimum atomic E-state index is 0.917. The van der Waals surface area contributed by atoms with Crippen LogP contribution in [0.15, 0.2) is 115 Å². The molecular weight excluding hydrogens is 486 g/mol. The number of imidazole rings is 2. The zero-order chi connectivity index (χ0) is 24.8. The van der Waals surface area contributed by atoms with Crippen LogP contribution in [-0.2, 0) is 0 Å². The summed E-state index contributed by atoms with van der Waals surface area (Å²) in [4.78, 5) is 11.9. The summed E-state index contributed by atoms with van der Waals surface area (Å²) in [5.74, 6) is 0. The zero-order valence-corrected chi connectivity index (χ0v) is 20.9. The van der Waals surface area contributed by atoms with E-state index in [1.165, 1.54) is 21.8 Å². The van der Waals surface area contributed by atoms with E-state index < -0.39 is 0 Å². The third-order valence-corrected chi connectivity index (χ3v) is 8.43. The molecule has 0 radical (unpaired) electrons. The monoisotopic (exact) mass is 505 g/mol. The molecule has 178 valence electrons. The van der Waals surface area contributed by atoms with Gasteiger partial charge < -0.3 is 4.57 Å². The number of nitrogens with zero attached hydrogens (tertiary/aromatic N) is 5. The van der Waals surface area contributed by atoms with Crippen molar-refractivity contribution in [2.75, 3.05) is 0 Å². The zero-order valence-electron chi connectivity index (χ0n) is 20.1. The summed E-state index contributed by atoms with van der Waals surface area (Å²) >= 11 is 1.62. The largest absolute Gasteiger partial charge is 0.309 e. The standard InChI is InChI=1S/C32H19N5S/c1-5-13-25-21(9-1)22-10-2-6-14-26(22)35(25)20-17-18-29-30(19-20)37-28-16-8-4-12-24(28)34-32(37)38-31-33-23-11-3-7-15-27(23)36(29)31/h1-19H. The second-order valence-corrected chi connectivity index (χ2v) is 10.5. The molecule has 0 amide bonds. The van der Waals surface area contributed by atoms with Gasteiger partial charge in [-0.2, -0.15) is 0 Å². The summed E-state index contributed by atoms with van der Waals surface area (Å²) in [5, 5.41) is 2.51. The molecule has 0 saturated carbocycles. The fourth-order valence-corrected chi connectivity index (χ4v) is 6.94. The maximum atomic E-state index is 5.04. The number of benzene rings is 5. The SMILES string of the molecule is c1ccc2c(c1)nc1sc3nc4ccccc4n3c3cc(-n4c5ccccc5c5ccccc54)ccc3n12. The van der Waals surface area contributed by atoms with Crippen LogP contribution in [-0.4, -0.2) is 23.3 Å². The fourth-order valence-electron chi connectivity index (χ4n) is 5.91.